The van der Waals surface area contributed by atoms with E-state index in [0.717, 1.165) is 50.9 Å². The third-order valence-corrected chi connectivity index (χ3v) is 6.37. The molecule has 0 spiro atoms. The van der Waals surface area contributed by atoms with Crippen molar-refractivity contribution in [2.75, 3.05) is 25.0 Å². The van der Waals surface area contributed by atoms with E-state index in [1.807, 2.05) is 48.5 Å². The van der Waals surface area contributed by atoms with Crippen LogP contribution in [-0.2, 0) is 6.54 Å². The van der Waals surface area contributed by atoms with Crippen molar-refractivity contribution in [3.63, 3.8) is 0 Å². The van der Waals surface area contributed by atoms with Gasteiger partial charge in [0.1, 0.15) is 0 Å². The van der Waals surface area contributed by atoms with Gasteiger partial charge in [-0.05, 0) is 56.3 Å². The third kappa shape index (κ3) is 5.68. The van der Waals surface area contributed by atoms with E-state index in [1.54, 1.807) is 6.07 Å². The first-order valence-corrected chi connectivity index (χ1v) is 11.9. The zero-order chi connectivity index (χ0) is 22.3. The molecule has 6 heteroatoms. The summed E-state index contributed by atoms with van der Waals surface area (Å²) in [4.78, 5) is 30.7. The maximum Gasteiger partial charge on any atom is 0.322 e. The number of nitrogens with one attached hydrogen (secondary N) is 2. The molecule has 170 valence electrons. The van der Waals surface area contributed by atoms with Crippen molar-refractivity contribution in [3.05, 3.63) is 65.7 Å². The highest BCUT2D eigenvalue weighted by Gasteiger charge is 2.38. The van der Waals surface area contributed by atoms with E-state index in [9.17, 15) is 9.59 Å². The smallest absolute Gasteiger partial charge is 0.322 e. The van der Waals surface area contributed by atoms with E-state index in [4.69, 9.17) is 0 Å². The first-order chi connectivity index (χ1) is 15.7. The average Bonchev–Trinajstić information content (AvgIpc) is 3.65. The summed E-state index contributed by atoms with van der Waals surface area (Å²) in [5.74, 6) is -0.185. The summed E-state index contributed by atoms with van der Waals surface area (Å²) in [5.41, 5.74) is 2.10. The Morgan fingerprint density at radius 3 is 2.28 bits per heavy atom. The van der Waals surface area contributed by atoms with Crippen molar-refractivity contribution in [2.24, 2.45) is 0 Å². The Bertz CT molecular complexity index is 905. The van der Waals surface area contributed by atoms with Crippen LogP contribution in [0.4, 0.5) is 10.5 Å². The molecule has 1 saturated heterocycles. The molecule has 2 fully saturated rings. The van der Waals surface area contributed by atoms with Gasteiger partial charge in [0.2, 0.25) is 0 Å². The molecule has 32 heavy (non-hydrogen) atoms. The molecule has 1 heterocycles. The highest BCUT2D eigenvalue weighted by molar-refractivity contribution is 6.03. The van der Waals surface area contributed by atoms with Crippen LogP contribution in [0.2, 0.25) is 0 Å². The van der Waals surface area contributed by atoms with Crippen molar-refractivity contribution in [2.45, 2.75) is 57.7 Å². The molecule has 0 unspecified atom stereocenters. The van der Waals surface area contributed by atoms with Crippen LogP contribution >= 0.6 is 0 Å². The first-order valence-electron chi connectivity index (χ1n) is 11.9. The highest BCUT2D eigenvalue weighted by Crippen LogP contribution is 2.33. The SMILES string of the molecule is CCCN1CCC(N(C(=O)Nc2ccccc2C(=O)NCc2ccccc2)C2CC2)CC1. The number of para-hydroxylation sites is 1. The topological polar surface area (TPSA) is 64.7 Å². The molecule has 1 saturated carbocycles. The Morgan fingerprint density at radius 2 is 1.59 bits per heavy atom. The number of amides is 3. The standard InChI is InChI=1S/C26H34N4O2/c1-2-16-29-17-14-22(15-18-29)30(21-12-13-21)26(32)28-24-11-7-6-10-23(24)25(31)27-19-20-8-4-3-5-9-20/h3-11,21-22H,2,12-19H2,1H3,(H,27,31)(H,28,32). The van der Waals surface area contributed by atoms with Gasteiger partial charge in [-0.2, -0.15) is 0 Å². The van der Waals surface area contributed by atoms with Gasteiger partial charge in [0.15, 0.2) is 0 Å². The Balaban J connectivity index is 1.40. The van der Waals surface area contributed by atoms with Crippen molar-refractivity contribution in [1.29, 1.82) is 0 Å². The maximum atomic E-state index is 13.3. The number of urea groups is 1. The number of piperidine rings is 1. The average molecular weight is 435 g/mol. The number of likely N-dealkylation sites (tertiary alicyclic amines) is 1. The molecule has 2 aliphatic rings. The van der Waals surface area contributed by atoms with Crippen LogP contribution in [0.15, 0.2) is 54.6 Å². The minimum Gasteiger partial charge on any atom is -0.348 e. The van der Waals surface area contributed by atoms with Crippen molar-refractivity contribution < 1.29 is 9.59 Å². The Kier molecular flexibility index (Phi) is 7.43. The molecule has 1 aliphatic carbocycles. The van der Waals surface area contributed by atoms with Gasteiger partial charge in [0.25, 0.3) is 5.91 Å². The van der Waals surface area contributed by atoms with Crippen LogP contribution in [-0.4, -0.2) is 53.5 Å². The minimum absolute atomic E-state index is 0.0789. The molecule has 0 radical (unpaired) electrons. The van der Waals surface area contributed by atoms with E-state index < -0.39 is 0 Å². The maximum absolute atomic E-state index is 13.3. The fourth-order valence-electron chi connectivity index (χ4n) is 4.56. The van der Waals surface area contributed by atoms with Gasteiger partial charge in [-0.25, -0.2) is 4.79 Å². The summed E-state index contributed by atoms with van der Waals surface area (Å²) in [6, 6.07) is 17.6. The molecular formula is C26H34N4O2. The summed E-state index contributed by atoms with van der Waals surface area (Å²) >= 11 is 0. The van der Waals surface area contributed by atoms with Crippen molar-refractivity contribution in [3.8, 4) is 0 Å². The second kappa shape index (κ2) is 10.6. The summed E-state index contributed by atoms with van der Waals surface area (Å²) < 4.78 is 0. The summed E-state index contributed by atoms with van der Waals surface area (Å²) in [5, 5.41) is 6.02. The number of anilines is 1. The lowest BCUT2D eigenvalue weighted by Crippen LogP contribution is -2.50. The van der Waals surface area contributed by atoms with E-state index >= 15 is 0 Å². The van der Waals surface area contributed by atoms with Gasteiger partial charge in [-0.15, -0.1) is 0 Å². The van der Waals surface area contributed by atoms with E-state index in [1.165, 1.54) is 6.42 Å². The predicted octanol–water partition coefficient (Wildman–Crippen LogP) is 4.49. The quantitative estimate of drug-likeness (QED) is 0.644. The van der Waals surface area contributed by atoms with Crippen molar-refractivity contribution in [1.82, 2.24) is 15.1 Å². The monoisotopic (exact) mass is 434 g/mol. The lowest BCUT2D eigenvalue weighted by atomic mass is 10.0. The molecular weight excluding hydrogens is 400 g/mol. The van der Waals surface area contributed by atoms with Crippen LogP contribution in [0, 0.1) is 0 Å². The predicted molar refractivity (Wildman–Crippen MR) is 128 cm³/mol. The molecule has 2 aromatic carbocycles. The molecule has 0 aromatic heterocycles. The summed E-state index contributed by atoms with van der Waals surface area (Å²) in [6.07, 6.45) is 5.34. The fourth-order valence-corrected chi connectivity index (χ4v) is 4.56. The summed E-state index contributed by atoms with van der Waals surface area (Å²) in [6.45, 7) is 5.89. The lowest BCUT2D eigenvalue weighted by Gasteiger charge is -2.38. The molecule has 4 rings (SSSR count). The Morgan fingerprint density at radius 1 is 0.938 bits per heavy atom. The van der Waals surface area contributed by atoms with Gasteiger partial charge < -0.3 is 20.4 Å². The molecule has 2 aromatic rings. The number of hydrogen-bond donors (Lipinski definition) is 2. The largest absolute Gasteiger partial charge is 0.348 e. The second-order valence-corrected chi connectivity index (χ2v) is 8.86. The normalized spacial score (nSPS) is 17.0. The van der Waals surface area contributed by atoms with Gasteiger partial charge in [0.05, 0.1) is 11.3 Å². The molecule has 2 N–H and O–H groups in total. The van der Waals surface area contributed by atoms with Gasteiger partial charge in [-0.1, -0.05) is 49.4 Å². The Labute approximate surface area is 191 Å². The number of carbonyl (C=O) groups excluding carboxylic acids is 2. The number of nitrogens with zero attached hydrogens (tertiary/aromatic N) is 2. The lowest BCUT2D eigenvalue weighted by molar-refractivity contribution is 0.0951. The minimum atomic E-state index is -0.185. The molecule has 0 atom stereocenters. The molecule has 1 aliphatic heterocycles. The Hall–Kier alpha value is -2.86. The van der Waals surface area contributed by atoms with Crippen LogP contribution in [0.5, 0.6) is 0 Å². The van der Waals surface area contributed by atoms with Crippen LogP contribution in [0.25, 0.3) is 0 Å². The van der Waals surface area contributed by atoms with Gasteiger partial charge >= 0.3 is 6.03 Å². The van der Waals surface area contributed by atoms with Crippen molar-refractivity contribution >= 4 is 17.6 Å². The van der Waals surface area contributed by atoms with Crippen LogP contribution in [0.1, 0.15) is 54.9 Å². The highest BCUT2D eigenvalue weighted by atomic mass is 16.2. The van der Waals surface area contributed by atoms with Gasteiger partial charge in [0, 0.05) is 31.7 Å². The van der Waals surface area contributed by atoms with E-state index in [-0.39, 0.29) is 18.0 Å². The van der Waals surface area contributed by atoms with Crippen LogP contribution in [0.3, 0.4) is 0 Å². The second-order valence-electron chi connectivity index (χ2n) is 8.86. The summed E-state index contributed by atoms with van der Waals surface area (Å²) in [7, 11) is 0. The third-order valence-electron chi connectivity index (χ3n) is 6.37. The number of hydrogen-bond acceptors (Lipinski definition) is 3. The van der Waals surface area contributed by atoms with E-state index in [0.29, 0.717) is 23.8 Å². The van der Waals surface area contributed by atoms with Gasteiger partial charge in [-0.3, -0.25) is 4.79 Å². The first kappa shape index (κ1) is 22.3. The number of carbonyl (C=O) groups is 2. The zero-order valence-corrected chi connectivity index (χ0v) is 18.9. The molecule has 6 nitrogen and oxygen atoms in total. The van der Waals surface area contributed by atoms with E-state index in [2.05, 4.69) is 27.4 Å². The number of benzene rings is 2. The molecule has 3 amide bonds. The molecule has 0 bridgehead atoms. The fraction of sp³-hybridized carbons (Fsp3) is 0.462. The number of rotatable bonds is 8. The zero-order valence-electron chi connectivity index (χ0n) is 18.9. The van der Waals surface area contributed by atoms with Crippen LogP contribution < -0.4 is 10.6 Å².